The highest BCUT2D eigenvalue weighted by atomic mass is 16.3. The molecule has 0 aromatic carbocycles. The van der Waals surface area contributed by atoms with Gasteiger partial charge in [0.05, 0.1) is 0 Å². The maximum atomic E-state index is 8.90. The van der Waals surface area contributed by atoms with Gasteiger partial charge in [-0.15, -0.1) is 0 Å². The minimum atomic E-state index is 0.359. The molecular formula is C14H31NO. The Balaban J connectivity index is 3.37. The van der Waals surface area contributed by atoms with Crippen molar-refractivity contribution in [1.29, 1.82) is 0 Å². The minimum absolute atomic E-state index is 0.359. The van der Waals surface area contributed by atoms with Crippen LogP contribution in [0.4, 0.5) is 0 Å². The predicted octanol–water partition coefficient (Wildman–Crippen LogP) is 3.30. The molecule has 0 radical (unpaired) electrons. The second-order valence-electron chi connectivity index (χ2n) is 4.66. The van der Waals surface area contributed by atoms with Crippen molar-refractivity contribution in [1.82, 2.24) is 4.90 Å². The molecule has 0 spiro atoms. The quantitative estimate of drug-likeness (QED) is 0.550. The van der Waals surface area contributed by atoms with Gasteiger partial charge in [0.25, 0.3) is 0 Å². The molecule has 1 atom stereocenters. The van der Waals surface area contributed by atoms with E-state index < -0.39 is 0 Å². The van der Waals surface area contributed by atoms with Gasteiger partial charge in [0.15, 0.2) is 0 Å². The van der Waals surface area contributed by atoms with E-state index in [1.54, 1.807) is 0 Å². The Morgan fingerprint density at radius 1 is 0.938 bits per heavy atom. The largest absolute Gasteiger partial charge is 0.396 e. The molecule has 98 valence electrons. The zero-order valence-electron chi connectivity index (χ0n) is 11.5. The molecule has 2 nitrogen and oxygen atoms in total. The average molecular weight is 229 g/mol. The van der Waals surface area contributed by atoms with Gasteiger partial charge < -0.3 is 10.0 Å². The summed E-state index contributed by atoms with van der Waals surface area (Å²) in [4.78, 5) is 2.49. The summed E-state index contributed by atoms with van der Waals surface area (Å²) in [6.07, 6.45) is 7.52. The van der Waals surface area contributed by atoms with Crippen LogP contribution in [0.25, 0.3) is 0 Å². The van der Waals surface area contributed by atoms with Gasteiger partial charge >= 0.3 is 0 Å². The molecule has 0 fully saturated rings. The molecule has 16 heavy (non-hydrogen) atoms. The van der Waals surface area contributed by atoms with Crippen molar-refractivity contribution in [2.75, 3.05) is 26.2 Å². The first-order valence-corrected chi connectivity index (χ1v) is 7.11. The number of aliphatic hydroxyl groups is 1. The van der Waals surface area contributed by atoms with Crippen LogP contribution in [0.5, 0.6) is 0 Å². The molecule has 0 saturated heterocycles. The summed E-state index contributed by atoms with van der Waals surface area (Å²) < 4.78 is 0. The van der Waals surface area contributed by atoms with Gasteiger partial charge in [-0.2, -0.15) is 0 Å². The van der Waals surface area contributed by atoms with Gasteiger partial charge in [-0.05, 0) is 38.4 Å². The molecule has 0 rings (SSSR count). The summed E-state index contributed by atoms with van der Waals surface area (Å²) in [5.41, 5.74) is 0. The number of aliphatic hydroxyl groups excluding tert-OH is 1. The fraction of sp³-hybridized carbons (Fsp3) is 1.00. The summed E-state index contributed by atoms with van der Waals surface area (Å²) in [6, 6.07) is 0. The predicted molar refractivity (Wildman–Crippen MR) is 71.7 cm³/mol. The first-order chi connectivity index (χ1) is 7.78. The van der Waals surface area contributed by atoms with Crippen LogP contribution >= 0.6 is 0 Å². The molecule has 0 aromatic rings. The van der Waals surface area contributed by atoms with Crippen molar-refractivity contribution < 1.29 is 5.11 Å². The van der Waals surface area contributed by atoms with Crippen LogP contribution in [-0.2, 0) is 0 Å². The van der Waals surface area contributed by atoms with Crippen molar-refractivity contribution in [3.63, 3.8) is 0 Å². The van der Waals surface area contributed by atoms with E-state index in [1.807, 2.05) is 0 Å². The lowest BCUT2D eigenvalue weighted by molar-refractivity contribution is 0.245. The van der Waals surface area contributed by atoms with Gasteiger partial charge in [0.2, 0.25) is 0 Å². The first kappa shape index (κ1) is 15.9. The molecule has 0 heterocycles. The maximum Gasteiger partial charge on any atom is 0.0433 e. The van der Waals surface area contributed by atoms with Gasteiger partial charge in [0.1, 0.15) is 0 Å². The van der Waals surface area contributed by atoms with Gasteiger partial charge in [-0.1, -0.05) is 46.5 Å². The number of hydrogen-bond acceptors (Lipinski definition) is 2. The summed E-state index contributed by atoms with van der Waals surface area (Å²) >= 11 is 0. The highest BCUT2D eigenvalue weighted by Crippen LogP contribution is 2.16. The van der Waals surface area contributed by atoms with E-state index in [0.29, 0.717) is 6.61 Å². The van der Waals surface area contributed by atoms with Gasteiger partial charge in [-0.3, -0.25) is 0 Å². The Bertz CT molecular complexity index is 135. The SMILES string of the molecule is CCC(CCO)CCCCCN(CC)CC. The van der Waals surface area contributed by atoms with E-state index in [9.17, 15) is 0 Å². The number of hydrogen-bond donors (Lipinski definition) is 1. The smallest absolute Gasteiger partial charge is 0.0433 e. The molecule has 0 aromatic heterocycles. The molecule has 1 N–H and O–H groups in total. The molecular weight excluding hydrogens is 198 g/mol. The van der Waals surface area contributed by atoms with Crippen LogP contribution in [0.2, 0.25) is 0 Å². The molecule has 0 amide bonds. The van der Waals surface area contributed by atoms with Crippen molar-refractivity contribution in [2.45, 2.75) is 59.3 Å². The standard InChI is InChI=1S/C14H31NO/c1-4-14(11-13-16)10-8-7-9-12-15(5-2)6-3/h14,16H,4-13H2,1-3H3. The van der Waals surface area contributed by atoms with E-state index in [-0.39, 0.29) is 0 Å². The molecule has 0 saturated carbocycles. The minimum Gasteiger partial charge on any atom is -0.396 e. The van der Waals surface area contributed by atoms with Crippen molar-refractivity contribution >= 4 is 0 Å². The normalized spacial score (nSPS) is 13.3. The second kappa shape index (κ2) is 11.4. The summed E-state index contributed by atoms with van der Waals surface area (Å²) in [5.74, 6) is 0.749. The average Bonchev–Trinajstić information content (AvgIpc) is 2.32. The third kappa shape index (κ3) is 8.12. The highest BCUT2D eigenvalue weighted by molar-refractivity contribution is 4.58. The number of nitrogens with zero attached hydrogens (tertiary/aromatic N) is 1. The van der Waals surface area contributed by atoms with E-state index in [2.05, 4.69) is 25.7 Å². The first-order valence-electron chi connectivity index (χ1n) is 7.11. The Hall–Kier alpha value is -0.0800. The Morgan fingerprint density at radius 2 is 1.62 bits per heavy atom. The molecule has 0 aliphatic rings. The van der Waals surface area contributed by atoms with E-state index >= 15 is 0 Å². The van der Waals surface area contributed by atoms with E-state index in [1.165, 1.54) is 51.7 Å². The molecule has 1 unspecified atom stereocenters. The molecule has 0 bridgehead atoms. The topological polar surface area (TPSA) is 23.5 Å². The highest BCUT2D eigenvalue weighted by Gasteiger charge is 2.05. The molecule has 0 aliphatic carbocycles. The summed E-state index contributed by atoms with van der Waals surface area (Å²) in [5, 5.41) is 8.90. The zero-order valence-corrected chi connectivity index (χ0v) is 11.5. The lowest BCUT2D eigenvalue weighted by atomic mass is 9.96. The van der Waals surface area contributed by atoms with Crippen LogP contribution < -0.4 is 0 Å². The third-order valence-corrected chi connectivity index (χ3v) is 3.60. The zero-order chi connectivity index (χ0) is 12.2. The van der Waals surface area contributed by atoms with Gasteiger partial charge in [0, 0.05) is 6.61 Å². The van der Waals surface area contributed by atoms with Crippen molar-refractivity contribution in [2.24, 2.45) is 5.92 Å². The third-order valence-electron chi connectivity index (χ3n) is 3.60. The summed E-state index contributed by atoms with van der Waals surface area (Å²) in [6.45, 7) is 10.7. The van der Waals surface area contributed by atoms with Crippen LogP contribution in [0.15, 0.2) is 0 Å². The number of rotatable bonds is 11. The van der Waals surface area contributed by atoms with E-state index in [0.717, 1.165) is 12.3 Å². The Kier molecular flexibility index (Phi) is 11.3. The van der Waals surface area contributed by atoms with Crippen LogP contribution in [-0.4, -0.2) is 36.2 Å². The van der Waals surface area contributed by atoms with Crippen molar-refractivity contribution in [3.8, 4) is 0 Å². The molecule has 2 heteroatoms. The van der Waals surface area contributed by atoms with Crippen LogP contribution in [0, 0.1) is 5.92 Å². The monoisotopic (exact) mass is 229 g/mol. The lowest BCUT2D eigenvalue weighted by Crippen LogP contribution is -2.23. The van der Waals surface area contributed by atoms with Crippen molar-refractivity contribution in [3.05, 3.63) is 0 Å². The maximum absolute atomic E-state index is 8.90. The molecule has 0 aliphatic heterocycles. The van der Waals surface area contributed by atoms with Crippen LogP contribution in [0.3, 0.4) is 0 Å². The Morgan fingerprint density at radius 3 is 2.12 bits per heavy atom. The summed E-state index contributed by atoms with van der Waals surface area (Å²) in [7, 11) is 0. The fourth-order valence-electron chi connectivity index (χ4n) is 2.22. The lowest BCUT2D eigenvalue weighted by Gasteiger charge is -2.18. The second-order valence-corrected chi connectivity index (χ2v) is 4.66. The van der Waals surface area contributed by atoms with Gasteiger partial charge in [-0.25, -0.2) is 0 Å². The fourth-order valence-corrected chi connectivity index (χ4v) is 2.22. The number of unbranched alkanes of at least 4 members (excludes halogenated alkanes) is 2. The van der Waals surface area contributed by atoms with Crippen LogP contribution in [0.1, 0.15) is 59.3 Å². The Labute approximate surface area is 102 Å². The van der Waals surface area contributed by atoms with E-state index in [4.69, 9.17) is 5.11 Å².